The van der Waals surface area contributed by atoms with Crippen LogP contribution in [-0.2, 0) is 11.3 Å². The number of methoxy groups -OCH3 is 1. The van der Waals surface area contributed by atoms with Crippen molar-refractivity contribution in [2.45, 2.75) is 13.5 Å². The molecule has 0 aliphatic heterocycles. The van der Waals surface area contributed by atoms with E-state index in [1.54, 1.807) is 18.1 Å². The highest BCUT2D eigenvalue weighted by atomic mass is 16.5. The fourth-order valence-corrected chi connectivity index (χ4v) is 1.68. The van der Waals surface area contributed by atoms with Crippen molar-refractivity contribution >= 4 is 5.91 Å². The lowest BCUT2D eigenvalue weighted by molar-refractivity contribution is 0.0646. The second-order valence-electron chi connectivity index (χ2n) is 3.69. The number of amides is 1. The van der Waals surface area contributed by atoms with Crippen LogP contribution in [0.25, 0.3) is 0 Å². The van der Waals surface area contributed by atoms with Crippen LogP contribution in [0.2, 0.25) is 0 Å². The van der Waals surface area contributed by atoms with Gasteiger partial charge < -0.3 is 19.3 Å². The van der Waals surface area contributed by atoms with E-state index in [2.05, 4.69) is 0 Å². The third kappa shape index (κ3) is 3.57. The van der Waals surface area contributed by atoms with E-state index in [1.807, 2.05) is 23.8 Å². The molecule has 0 spiro atoms. The van der Waals surface area contributed by atoms with E-state index in [0.29, 0.717) is 25.4 Å². The summed E-state index contributed by atoms with van der Waals surface area (Å²) in [6.07, 6.45) is 1.88. The zero-order chi connectivity index (χ0) is 12.7. The van der Waals surface area contributed by atoms with Crippen molar-refractivity contribution in [1.82, 2.24) is 9.47 Å². The van der Waals surface area contributed by atoms with Gasteiger partial charge in [-0.05, 0) is 19.1 Å². The number of carbonyl (C=O) groups excluding carboxylic acids is 1. The zero-order valence-electron chi connectivity index (χ0n) is 10.4. The van der Waals surface area contributed by atoms with Crippen LogP contribution in [-0.4, -0.2) is 53.9 Å². The van der Waals surface area contributed by atoms with Gasteiger partial charge in [0.05, 0.1) is 13.2 Å². The van der Waals surface area contributed by atoms with E-state index in [4.69, 9.17) is 9.84 Å². The molecule has 0 fully saturated rings. The Morgan fingerprint density at radius 2 is 2.29 bits per heavy atom. The topological polar surface area (TPSA) is 54.7 Å². The van der Waals surface area contributed by atoms with Gasteiger partial charge in [-0.2, -0.15) is 0 Å². The molecule has 96 valence electrons. The number of aryl methyl sites for hydroxylation is 1. The minimum absolute atomic E-state index is 0.0394. The highest BCUT2D eigenvalue weighted by Gasteiger charge is 2.17. The van der Waals surface area contributed by atoms with Gasteiger partial charge in [-0.1, -0.05) is 0 Å². The molecule has 17 heavy (non-hydrogen) atoms. The van der Waals surface area contributed by atoms with Gasteiger partial charge in [0.15, 0.2) is 0 Å². The number of hydrogen-bond acceptors (Lipinski definition) is 3. The van der Waals surface area contributed by atoms with E-state index in [-0.39, 0.29) is 12.5 Å². The third-order valence-corrected chi connectivity index (χ3v) is 2.61. The van der Waals surface area contributed by atoms with Crippen molar-refractivity contribution in [3.8, 4) is 0 Å². The van der Waals surface area contributed by atoms with Crippen LogP contribution in [0.3, 0.4) is 0 Å². The summed E-state index contributed by atoms with van der Waals surface area (Å²) in [6, 6.07) is 3.65. The lowest BCUT2D eigenvalue weighted by Gasteiger charge is -2.21. The lowest BCUT2D eigenvalue weighted by Crippen LogP contribution is -2.37. The summed E-state index contributed by atoms with van der Waals surface area (Å²) >= 11 is 0. The van der Waals surface area contributed by atoms with E-state index in [0.717, 1.165) is 6.54 Å². The van der Waals surface area contributed by atoms with E-state index in [9.17, 15) is 4.79 Å². The summed E-state index contributed by atoms with van der Waals surface area (Å²) in [6.45, 7) is 4.00. The highest BCUT2D eigenvalue weighted by Crippen LogP contribution is 2.06. The fourth-order valence-electron chi connectivity index (χ4n) is 1.68. The number of hydrogen-bond donors (Lipinski definition) is 1. The average molecular weight is 240 g/mol. The van der Waals surface area contributed by atoms with Gasteiger partial charge in [0.25, 0.3) is 5.91 Å². The molecule has 1 aromatic heterocycles. The Labute approximate surface area is 102 Å². The van der Waals surface area contributed by atoms with Crippen molar-refractivity contribution in [2.24, 2.45) is 0 Å². The van der Waals surface area contributed by atoms with Crippen LogP contribution in [0.4, 0.5) is 0 Å². The molecule has 1 amide bonds. The maximum Gasteiger partial charge on any atom is 0.270 e. The summed E-state index contributed by atoms with van der Waals surface area (Å²) in [4.78, 5) is 13.8. The Morgan fingerprint density at radius 3 is 2.88 bits per heavy atom. The molecule has 0 aromatic carbocycles. The molecular formula is C12H20N2O3. The van der Waals surface area contributed by atoms with E-state index >= 15 is 0 Å². The molecule has 5 nitrogen and oxygen atoms in total. The molecule has 0 unspecified atom stereocenters. The van der Waals surface area contributed by atoms with Crippen LogP contribution in [0.1, 0.15) is 17.4 Å². The minimum Gasteiger partial charge on any atom is -0.395 e. The van der Waals surface area contributed by atoms with Crippen molar-refractivity contribution < 1.29 is 14.6 Å². The van der Waals surface area contributed by atoms with Gasteiger partial charge in [0.1, 0.15) is 5.69 Å². The standard InChI is InChI=1S/C12H20N2O3/c1-3-13-6-4-5-11(13)12(16)14(7-9-15)8-10-17-2/h4-6,15H,3,7-10H2,1-2H3. The van der Waals surface area contributed by atoms with Gasteiger partial charge in [0, 0.05) is 32.9 Å². The Kier molecular flexibility index (Phi) is 5.72. The first-order chi connectivity index (χ1) is 8.24. The van der Waals surface area contributed by atoms with Crippen molar-refractivity contribution in [1.29, 1.82) is 0 Å². The second-order valence-corrected chi connectivity index (χ2v) is 3.69. The number of aliphatic hydroxyl groups excluding tert-OH is 1. The Hall–Kier alpha value is -1.33. The molecule has 0 saturated heterocycles. The number of aromatic nitrogens is 1. The summed E-state index contributed by atoms with van der Waals surface area (Å²) in [7, 11) is 1.59. The van der Waals surface area contributed by atoms with Crippen LogP contribution in [0, 0.1) is 0 Å². The minimum atomic E-state index is -0.0667. The molecule has 1 N–H and O–H groups in total. The SMILES string of the molecule is CCn1cccc1C(=O)N(CCO)CCOC. The smallest absolute Gasteiger partial charge is 0.270 e. The van der Waals surface area contributed by atoms with Crippen LogP contribution in [0.15, 0.2) is 18.3 Å². The Balaban J connectivity index is 2.76. The van der Waals surface area contributed by atoms with Crippen LogP contribution in [0.5, 0.6) is 0 Å². The number of aliphatic hydroxyl groups is 1. The number of nitrogens with zero attached hydrogens (tertiary/aromatic N) is 2. The molecular weight excluding hydrogens is 220 g/mol. The molecule has 5 heteroatoms. The first-order valence-corrected chi connectivity index (χ1v) is 5.78. The van der Waals surface area contributed by atoms with Gasteiger partial charge in [-0.15, -0.1) is 0 Å². The second kappa shape index (κ2) is 7.09. The van der Waals surface area contributed by atoms with E-state index in [1.165, 1.54) is 0 Å². The van der Waals surface area contributed by atoms with Crippen molar-refractivity contribution in [3.63, 3.8) is 0 Å². The summed E-state index contributed by atoms with van der Waals surface area (Å²) in [5, 5.41) is 8.97. The largest absolute Gasteiger partial charge is 0.395 e. The van der Waals surface area contributed by atoms with Gasteiger partial charge in [-0.25, -0.2) is 0 Å². The predicted octanol–water partition coefficient (Wildman–Crippen LogP) is 0.589. The molecule has 0 aliphatic carbocycles. The number of rotatable bonds is 7. The molecule has 1 rings (SSSR count). The molecule has 0 radical (unpaired) electrons. The molecule has 0 atom stereocenters. The monoisotopic (exact) mass is 240 g/mol. The average Bonchev–Trinajstić information content (AvgIpc) is 2.81. The van der Waals surface area contributed by atoms with Crippen molar-refractivity contribution in [2.75, 3.05) is 33.4 Å². The summed E-state index contributed by atoms with van der Waals surface area (Å²) in [5.41, 5.74) is 0.650. The van der Waals surface area contributed by atoms with Gasteiger partial charge in [0.2, 0.25) is 0 Å². The molecule has 0 saturated carbocycles. The normalized spacial score (nSPS) is 10.5. The fraction of sp³-hybridized carbons (Fsp3) is 0.583. The Morgan fingerprint density at radius 1 is 1.53 bits per heavy atom. The Bertz CT molecular complexity index is 349. The maximum absolute atomic E-state index is 12.2. The molecule has 0 aliphatic rings. The quantitative estimate of drug-likeness (QED) is 0.759. The molecule has 0 bridgehead atoms. The number of carbonyl (C=O) groups is 1. The summed E-state index contributed by atoms with van der Waals surface area (Å²) in [5.74, 6) is -0.0667. The van der Waals surface area contributed by atoms with Gasteiger partial charge in [-0.3, -0.25) is 4.79 Å². The predicted molar refractivity (Wildman–Crippen MR) is 65.0 cm³/mol. The molecule has 1 aromatic rings. The zero-order valence-corrected chi connectivity index (χ0v) is 10.4. The number of ether oxygens (including phenoxy) is 1. The summed E-state index contributed by atoms with van der Waals surface area (Å²) < 4.78 is 6.85. The molecule has 1 heterocycles. The third-order valence-electron chi connectivity index (χ3n) is 2.61. The van der Waals surface area contributed by atoms with Crippen molar-refractivity contribution in [3.05, 3.63) is 24.0 Å². The maximum atomic E-state index is 12.2. The van der Waals surface area contributed by atoms with Crippen LogP contribution >= 0.6 is 0 Å². The van der Waals surface area contributed by atoms with Gasteiger partial charge >= 0.3 is 0 Å². The first kappa shape index (κ1) is 13.7. The van der Waals surface area contributed by atoms with Crippen LogP contribution < -0.4 is 0 Å². The lowest BCUT2D eigenvalue weighted by atomic mass is 10.3. The first-order valence-electron chi connectivity index (χ1n) is 5.78. The highest BCUT2D eigenvalue weighted by molar-refractivity contribution is 5.92. The van der Waals surface area contributed by atoms with E-state index < -0.39 is 0 Å².